The van der Waals surface area contributed by atoms with Crippen LogP contribution >= 0.6 is 0 Å². The van der Waals surface area contributed by atoms with Gasteiger partial charge in [0.2, 0.25) is 5.78 Å². The smallest absolute Gasteiger partial charge is 0.205 e. The fourth-order valence-electron chi connectivity index (χ4n) is 0.464. The topological polar surface area (TPSA) is 51.2 Å². The highest BCUT2D eigenvalue weighted by atomic mass is 16.2. The minimum absolute atomic E-state index is 0.0634. The van der Waals surface area contributed by atoms with E-state index in [2.05, 4.69) is 6.92 Å². The lowest BCUT2D eigenvalue weighted by atomic mass is 10.1. The van der Waals surface area contributed by atoms with Crippen molar-refractivity contribution in [3.8, 4) is 0 Å². The van der Waals surface area contributed by atoms with Crippen molar-refractivity contribution in [3.63, 3.8) is 0 Å². The zero-order valence-electron chi connectivity index (χ0n) is 5.85. The Bertz CT molecular complexity index is 170. The van der Waals surface area contributed by atoms with Gasteiger partial charge in [-0.05, 0) is 13.8 Å². The third kappa shape index (κ3) is 3.12. The molecule has 0 spiro atoms. The first-order chi connectivity index (χ1) is 4.57. The summed E-state index contributed by atoms with van der Waals surface area (Å²) in [5.41, 5.74) is 0. The van der Waals surface area contributed by atoms with Gasteiger partial charge in [-0.25, -0.2) is 0 Å². The average Bonchev–Trinajstić information content (AvgIpc) is 1.85. The molecule has 0 atom stereocenters. The van der Waals surface area contributed by atoms with E-state index in [0.29, 0.717) is 0 Å². The molecule has 0 aliphatic rings. The van der Waals surface area contributed by atoms with Gasteiger partial charge < -0.3 is 0 Å². The number of hydrogen-bond donors (Lipinski definition) is 0. The molecule has 0 N–H and O–H groups in total. The lowest BCUT2D eigenvalue weighted by Gasteiger charge is -1.91. The van der Waals surface area contributed by atoms with Crippen molar-refractivity contribution in [1.82, 2.24) is 0 Å². The molecule has 0 heterocycles. The second-order valence-electron chi connectivity index (χ2n) is 1.98. The van der Waals surface area contributed by atoms with Crippen LogP contribution < -0.4 is 0 Å². The summed E-state index contributed by atoms with van der Waals surface area (Å²) >= 11 is 0. The van der Waals surface area contributed by atoms with Crippen LogP contribution in [0, 0.1) is 6.92 Å². The van der Waals surface area contributed by atoms with Crippen LogP contribution in [0.2, 0.25) is 0 Å². The lowest BCUT2D eigenvalue weighted by molar-refractivity contribution is -0.138. The van der Waals surface area contributed by atoms with Crippen LogP contribution in [0.1, 0.15) is 19.8 Å². The molecule has 0 aromatic carbocycles. The first kappa shape index (κ1) is 9.01. The van der Waals surface area contributed by atoms with E-state index in [1.807, 2.05) is 0 Å². The van der Waals surface area contributed by atoms with E-state index in [9.17, 15) is 14.4 Å². The Balaban J connectivity index is 3.86. The molecule has 0 aliphatic heterocycles. The minimum Gasteiger partial charge on any atom is -0.300 e. The van der Waals surface area contributed by atoms with Gasteiger partial charge in [-0.2, -0.15) is 0 Å². The van der Waals surface area contributed by atoms with E-state index >= 15 is 0 Å². The molecule has 0 saturated heterocycles. The molecule has 0 fully saturated rings. The minimum atomic E-state index is -0.637. The van der Waals surface area contributed by atoms with Crippen LogP contribution in [0.25, 0.3) is 0 Å². The lowest BCUT2D eigenvalue weighted by Crippen LogP contribution is -2.15. The van der Waals surface area contributed by atoms with Crippen LogP contribution in [0.15, 0.2) is 0 Å². The van der Waals surface area contributed by atoms with E-state index in [4.69, 9.17) is 0 Å². The molecule has 1 radical (unpaired) electrons. The molecule has 0 bridgehead atoms. The Morgan fingerprint density at radius 2 is 1.70 bits per heavy atom. The van der Waals surface area contributed by atoms with Crippen LogP contribution in [-0.2, 0) is 14.4 Å². The molecule has 0 rings (SSSR count). The summed E-state index contributed by atoms with van der Waals surface area (Å²) in [6, 6.07) is 0. The van der Waals surface area contributed by atoms with Gasteiger partial charge in [-0.3, -0.25) is 14.4 Å². The summed E-state index contributed by atoms with van der Waals surface area (Å²) in [5, 5.41) is 0. The summed E-state index contributed by atoms with van der Waals surface area (Å²) in [4.78, 5) is 31.3. The van der Waals surface area contributed by atoms with E-state index in [1.165, 1.54) is 6.92 Å². The maximum atomic E-state index is 10.6. The van der Waals surface area contributed by atoms with Gasteiger partial charge in [0.05, 0.1) is 6.42 Å². The molecular weight excluding hydrogens is 132 g/mol. The quantitative estimate of drug-likeness (QED) is 0.418. The van der Waals surface area contributed by atoms with Crippen molar-refractivity contribution in [2.75, 3.05) is 0 Å². The molecule has 10 heavy (non-hydrogen) atoms. The first-order valence-corrected chi connectivity index (χ1v) is 2.92. The summed E-state index contributed by atoms with van der Waals surface area (Å²) < 4.78 is 0. The molecular formula is C7H9O3. The van der Waals surface area contributed by atoms with Crippen LogP contribution in [-0.4, -0.2) is 17.3 Å². The van der Waals surface area contributed by atoms with Crippen molar-refractivity contribution in [2.24, 2.45) is 0 Å². The third-order valence-corrected chi connectivity index (χ3v) is 0.948. The molecule has 0 unspecified atom stereocenters. The van der Waals surface area contributed by atoms with Crippen molar-refractivity contribution in [2.45, 2.75) is 19.8 Å². The number of ketones is 3. The zero-order valence-corrected chi connectivity index (χ0v) is 5.85. The predicted molar refractivity (Wildman–Crippen MR) is 35.3 cm³/mol. The number of Topliss-reactive ketones (excluding diaryl/α,β-unsaturated/α-hetero) is 3. The molecule has 0 aromatic rings. The average molecular weight is 141 g/mol. The highest BCUT2D eigenvalue weighted by Crippen LogP contribution is 1.89. The fraction of sp³-hybridized carbons (Fsp3) is 0.429. The summed E-state index contributed by atoms with van der Waals surface area (Å²) in [6.45, 7) is 4.50. The Kier molecular flexibility index (Phi) is 3.54. The van der Waals surface area contributed by atoms with Gasteiger partial charge in [0, 0.05) is 6.42 Å². The summed E-state index contributed by atoms with van der Waals surface area (Å²) in [6.07, 6.45) is -0.347. The van der Waals surface area contributed by atoms with Crippen molar-refractivity contribution < 1.29 is 14.4 Å². The monoisotopic (exact) mass is 141 g/mol. The van der Waals surface area contributed by atoms with E-state index < -0.39 is 11.6 Å². The normalized spacial score (nSPS) is 9.00. The van der Waals surface area contributed by atoms with E-state index in [1.54, 1.807) is 0 Å². The number of carbonyl (C=O) groups excluding carboxylic acids is 3. The second-order valence-corrected chi connectivity index (χ2v) is 1.98. The Morgan fingerprint density at radius 1 is 1.20 bits per heavy atom. The second kappa shape index (κ2) is 3.93. The van der Waals surface area contributed by atoms with Gasteiger partial charge >= 0.3 is 0 Å². The van der Waals surface area contributed by atoms with Crippen LogP contribution in [0.4, 0.5) is 0 Å². The highest BCUT2D eigenvalue weighted by molar-refractivity contribution is 6.40. The maximum Gasteiger partial charge on any atom is 0.205 e. The number of carbonyl (C=O) groups is 3. The molecule has 0 aliphatic carbocycles. The maximum absolute atomic E-state index is 10.6. The highest BCUT2D eigenvalue weighted by Gasteiger charge is 2.12. The Morgan fingerprint density at radius 3 is 2.00 bits per heavy atom. The number of rotatable bonds is 4. The van der Waals surface area contributed by atoms with Crippen LogP contribution in [0.3, 0.4) is 0 Å². The summed E-state index contributed by atoms with van der Waals surface area (Å²) in [7, 11) is 0. The predicted octanol–water partition coefficient (Wildman–Crippen LogP) is 0.328. The van der Waals surface area contributed by atoms with Gasteiger partial charge in [0.1, 0.15) is 5.78 Å². The van der Waals surface area contributed by atoms with Crippen molar-refractivity contribution in [3.05, 3.63) is 6.92 Å². The Hall–Kier alpha value is -0.990. The largest absolute Gasteiger partial charge is 0.300 e. The Labute approximate surface area is 59.4 Å². The van der Waals surface area contributed by atoms with Crippen molar-refractivity contribution in [1.29, 1.82) is 0 Å². The number of hydrogen-bond acceptors (Lipinski definition) is 3. The van der Waals surface area contributed by atoms with Crippen molar-refractivity contribution >= 4 is 17.3 Å². The van der Waals surface area contributed by atoms with Gasteiger partial charge in [-0.1, -0.05) is 0 Å². The SMILES string of the molecule is [CH2]CC(=O)C(=O)CC(C)=O. The fourth-order valence-corrected chi connectivity index (χ4v) is 0.464. The van der Waals surface area contributed by atoms with Crippen LogP contribution in [0.5, 0.6) is 0 Å². The summed E-state index contributed by atoms with van der Waals surface area (Å²) in [5.74, 6) is -1.50. The molecule has 3 heteroatoms. The third-order valence-electron chi connectivity index (χ3n) is 0.948. The van der Waals surface area contributed by atoms with Gasteiger partial charge in [0.15, 0.2) is 5.78 Å². The zero-order chi connectivity index (χ0) is 8.15. The van der Waals surface area contributed by atoms with Gasteiger partial charge in [0.25, 0.3) is 0 Å². The molecule has 55 valence electrons. The molecule has 0 saturated carbocycles. The molecule has 0 amide bonds. The first-order valence-electron chi connectivity index (χ1n) is 2.92. The van der Waals surface area contributed by atoms with E-state index in [-0.39, 0.29) is 18.6 Å². The molecule has 0 aromatic heterocycles. The van der Waals surface area contributed by atoms with Gasteiger partial charge in [-0.15, -0.1) is 0 Å². The molecule has 3 nitrogen and oxygen atoms in total. The standard InChI is InChI=1S/C7H9O3/c1-3-6(9)7(10)4-5(2)8/h1,3-4H2,2H3. The van der Waals surface area contributed by atoms with E-state index in [0.717, 1.165) is 0 Å².